The third-order valence-corrected chi connectivity index (χ3v) is 3.90. The first-order valence-corrected chi connectivity index (χ1v) is 7.63. The molecular weight excluding hydrogens is 296 g/mol. The molecular formula is C18H21ClN2O. The predicted octanol–water partition coefficient (Wildman–Crippen LogP) is 4.62. The monoisotopic (exact) mass is 316 g/mol. The van der Waals surface area contributed by atoms with E-state index in [9.17, 15) is 4.79 Å². The maximum Gasteiger partial charge on any atom is 0.243 e. The van der Waals surface area contributed by atoms with Gasteiger partial charge in [-0.3, -0.25) is 4.79 Å². The standard InChI is InChI=1S/C18H21ClN2O/c1-11-8-14(4)18(15(19)9-11)21-16(22)10-20-17-12(2)6-5-7-13(17)3/h5-9,20H,10H2,1-4H3,(H,21,22). The number of nitrogens with one attached hydrogen (secondary N) is 2. The molecule has 22 heavy (non-hydrogen) atoms. The number of rotatable bonds is 4. The van der Waals surface area contributed by atoms with E-state index < -0.39 is 0 Å². The first kappa shape index (κ1) is 16.4. The van der Waals surface area contributed by atoms with Gasteiger partial charge in [-0.1, -0.05) is 35.9 Å². The fourth-order valence-corrected chi connectivity index (χ4v) is 2.89. The van der Waals surface area contributed by atoms with E-state index in [-0.39, 0.29) is 12.5 Å². The highest BCUT2D eigenvalue weighted by molar-refractivity contribution is 6.34. The number of benzene rings is 2. The second-order valence-corrected chi connectivity index (χ2v) is 6.01. The van der Waals surface area contributed by atoms with Gasteiger partial charge in [0.25, 0.3) is 0 Å². The largest absolute Gasteiger partial charge is 0.376 e. The Bertz CT molecular complexity index is 667. The summed E-state index contributed by atoms with van der Waals surface area (Å²) in [6.07, 6.45) is 0. The van der Waals surface area contributed by atoms with Gasteiger partial charge in [0.1, 0.15) is 0 Å². The van der Waals surface area contributed by atoms with E-state index in [0.717, 1.165) is 27.9 Å². The molecule has 2 aromatic carbocycles. The summed E-state index contributed by atoms with van der Waals surface area (Å²) in [6.45, 7) is 8.16. The lowest BCUT2D eigenvalue weighted by molar-refractivity contribution is -0.114. The van der Waals surface area contributed by atoms with Crippen LogP contribution in [0.3, 0.4) is 0 Å². The van der Waals surface area contributed by atoms with E-state index in [1.807, 2.05) is 58.0 Å². The van der Waals surface area contributed by atoms with Crippen molar-refractivity contribution in [3.63, 3.8) is 0 Å². The maximum absolute atomic E-state index is 12.2. The van der Waals surface area contributed by atoms with Crippen molar-refractivity contribution in [1.29, 1.82) is 0 Å². The average molecular weight is 317 g/mol. The van der Waals surface area contributed by atoms with Crippen molar-refractivity contribution in [2.75, 3.05) is 17.2 Å². The zero-order chi connectivity index (χ0) is 16.3. The Balaban J connectivity index is 2.05. The summed E-state index contributed by atoms with van der Waals surface area (Å²) >= 11 is 6.21. The van der Waals surface area contributed by atoms with Gasteiger partial charge in [-0.2, -0.15) is 0 Å². The molecule has 0 aliphatic heterocycles. The number of carbonyl (C=O) groups excluding carboxylic acids is 1. The number of hydrogen-bond acceptors (Lipinski definition) is 2. The highest BCUT2D eigenvalue weighted by Gasteiger charge is 2.10. The zero-order valence-corrected chi connectivity index (χ0v) is 14.1. The van der Waals surface area contributed by atoms with Crippen LogP contribution in [-0.2, 0) is 4.79 Å². The first-order valence-electron chi connectivity index (χ1n) is 7.25. The van der Waals surface area contributed by atoms with Crippen LogP contribution >= 0.6 is 11.6 Å². The van der Waals surface area contributed by atoms with Crippen LogP contribution in [0.4, 0.5) is 11.4 Å². The summed E-state index contributed by atoms with van der Waals surface area (Å²) in [5.74, 6) is -0.114. The Kier molecular flexibility index (Phi) is 5.09. The molecule has 2 N–H and O–H groups in total. The van der Waals surface area contributed by atoms with Gasteiger partial charge in [0, 0.05) is 5.69 Å². The molecule has 0 aromatic heterocycles. The highest BCUT2D eigenvalue weighted by Crippen LogP contribution is 2.27. The second kappa shape index (κ2) is 6.84. The number of anilines is 2. The lowest BCUT2D eigenvalue weighted by Gasteiger charge is -2.14. The van der Waals surface area contributed by atoms with Crippen molar-refractivity contribution in [3.8, 4) is 0 Å². The SMILES string of the molecule is Cc1cc(C)c(NC(=O)CNc2c(C)cccc2C)c(Cl)c1. The molecule has 3 nitrogen and oxygen atoms in total. The fourth-order valence-electron chi connectivity index (χ4n) is 2.52. The Hall–Kier alpha value is -2.00. The van der Waals surface area contributed by atoms with Crippen LogP contribution in [0.5, 0.6) is 0 Å². The lowest BCUT2D eigenvalue weighted by atomic mass is 10.1. The summed E-state index contributed by atoms with van der Waals surface area (Å²) in [7, 11) is 0. The molecule has 0 atom stereocenters. The topological polar surface area (TPSA) is 41.1 Å². The van der Waals surface area contributed by atoms with E-state index >= 15 is 0 Å². The quantitative estimate of drug-likeness (QED) is 0.863. The summed E-state index contributed by atoms with van der Waals surface area (Å²) in [4.78, 5) is 12.2. The molecule has 2 aromatic rings. The minimum Gasteiger partial charge on any atom is -0.376 e. The van der Waals surface area contributed by atoms with Crippen molar-refractivity contribution < 1.29 is 4.79 Å². The van der Waals surface area contributed by atoms with Gasteiger partial charge in [-0.25, -0.2) is 0 Å². The number of aryl methyl sites for hydroxylation is 4. The van der Waals surface area contributed by atoms with E-state index in [0.29, 0.717) is 10.7 Å². The molecule has 0 spiro atoms. The highest BCUT2D eigenvalue weighted by atomic mass is 35.5. The van der Waals surface area contributed by atoms with Gasteiger partial charge in [0.2, 0.25) is 5.91 Å². The van der Waals surface area contributed by atoms with Crippen LogP contribution in [-0.4, -0.2) is 12.5 Å². The van der Waals surface area contributed by atoms with Gasteiger partial charge in [-0.15, -0.1) is 0 Å². The van der Waals surface area contributed by atoms with Crippen LogP contribution in [0.2, 0.25) is 5.02 Å². The van der Waals surface area contributed by atoms with Crippen molar-refractivity contribution in [1.82, 2.24) is 0 Å². The van der Waals surface area contributed by atoms with Crippen LogP contribution in [0.25, 0.3) is 0 Å². The molecule has 0 saturated heterocycles. The van der Waals surface area contributed by atoms with Gasteiger partial charge in [0.05, 0.1) is 17.3 Å². The number of para-hydroxylation sites is 1. The van der Waals surface area contributed by atoms with E-state index in [1.165, 1.54) is 0 Å². The van der Waals surface area contributed by atoms with Crippen molar-refractivity contribution in [2.45, 2.75) is 27.7 Å². The molecule has 0 heterocycles. The summed E-state index contributed by atoms with van der Waals surface area (Å²) in [5, 5.41) is 6.65. The van der Waals surface area contributed by atoms with Crippen LogP contribution in [0.15, 0.2) is 30.3 Å². The van der Waals surface area contributed by atoms with E-state index in [1.54, 1.807) is 0 Å². The number of hydrogen-bond donors (Lipinski definition) is 2. The molecule has 0 saturated carbocycles. The van der Waals surface area contributed by atoms with Gasteiger partial charge >= 0.3 is 0 Å². The van der Waals surface area contributed by atoms with Crippen molar-refractivity contribution >= 4 is 28.9 Å². The average Bonchev–Trinajstić information content (AvgIpc) is 2.42. The van der Waals surface area contributed by atoms with Gasteiger partial charge < -0.3 is 10.6 Å². The third kappa shape index (κ3) is 3.80. The fraction of sp³-hybridized carbons (Fsp3) is 0.278. The molecule has 0 aliphatic carbocycles. The van der Waals surface area contributed by atoms with Crippen LogP contribution in [0.1, 0.15) is 22.3 Å². The molecule has 116 valence electrons. The van der Waals surface area contributed by atoms with E-state index in [4.69, 9.17) is 11.6 Å². The van der Waals surface area contributed by atoms with Gasteiger partial charge in [0.15, 0.2) is 0 Å². The normalized spacial score (nSPS) is 10.4. The maximum atomic E-state index is 12.2. The lowest BCUT2D eigenvalue weighted by Crippen LogP contribution is -2.23. The summed E-state index contributed by atoms with van der Waals surface area (Å²) in [5.41, 5.74) is 5.97. The molecule has 0 unspecified atom stereocenters. The van der Waals surface area contributed by atoms with Crippen molar-refractivity contribution in [2.24, 2.45) is 0 Å². The first-order chi connectivity index (χ1) is 10.4. The number of amides is 1. The summed E-state index contributed by atoms with van der Waals surface area (Å²) < 4.78 is 0. The Morgan fingerprint density at radius 3 is 2.23 bits per heavy atom. The third-order valence-electron chi connectivity index (χ3n) is 3.60. The molecule has 4 heteroatoms. The van der Waals surface area contributed by atoms with Crippen LogP contribution in [0, 0.1) is 27.7 Å². The Morgan fingerprint density at radius 2 is 1.64 bits per heavy atom. The van der Waals surface area contributed by atoms with Crippen molar-refractivity contribution in [3.05, 3.63) is 57.6 Å². The zero-order valence-electron chi connectivity index (χ0n) is 13.4. The predicted molar refractivity (Wildman–Crippen MR) is 94.0 cm³/mol. The van der Waals surface area contributed by atoms with E-state index in [2.05, 4.69) is 10.6 Å². The molecule has 0 bridgehead atoms. The molecule has 0 fully saturated rings. The smallest absolute Gasteiger partial charge is 0.243 e. The minimum atomic E-state index is -0.114. The molecule has 1 amide bonds. The van der Waals surface area contributed by atoms with Crippen LogP contribution < -0.4 is 10.6 Å². The molecule has 0 radical (unpaired) electrons. The molecule has 0 aliphatic rings. The Labute approximate surface area is 136 Å². The Morgan fingerprint density at radius 1 is 1.00 bits per heavy atom. The second-order valence-electron chi connectivity index (χ2n) is 5.61. The number of halogens is 1. The van der Waals surface area contributed by atoms with Gasteiger partial charge in [-0.05, 0) is 56.0 Å². The minimum absolute atomic E-state index is 0.114. The summed E-state index contributed by atoms with van der Waals surface area (Å²) in [6, 6.07) is 9.90. The number of carbonyl (C=O) groups is 1. The molecule has 2 rings (SSSR count).